The van der Waals surface area contributed by atoms with Crippen molar-refractivity contribution in [3.8, 4) is 0 Å². The lowest BCUT2D eigenvalue weighted by Crippen LogP contribution is -2.52. The lowest BCUT2D eigenvalue weighted by Gasteiger charge is -2.37. The van der Waals surface area contributed by atoms with Crippen LogP contribution < -0.4 is 0 Å². The van der Waals surface area contributed by atoms with Crippen LogP contribution in [0.15, 0.2) is 54.9 Å². The molecule has 0 radical (unpaired) electrons. The van der Waals surface area contributed by atoms with Gasteiger partial charge in [-0.1, -0.05) is 44.2 Å². The fourth-order valence-electron chi connectivity index (χ4n) is 3.47. The Morgan fingerprint density at radius 1 is 0.923 bits per heavy atom. The molecule has 2 heterocycles. The number of carbonyl (C=O) groups excluding carboxylic acids is 2. The summed E-state index contributed by atoms with van der Waals surface area (Å²) >= 11 is 0. The maximum Gasteiger partial charge on any atom is 0.255 e. The van der Waals surface area contributed by atoms with E-state index in [1.807, 2.05) is 35.2 Å². The zero-order valence-corrected chi connectivity index (χ0v) is 15.3. The maximum atomic E-state index is 13.1. The first-order valence-corrected chi connectivity index (χ1v) is 9.11. The number of benzene rings is 1. The molecule has 1 aromatic heterocycles. The van der Waals surface area contributed by atoms with E-state index in [1.165, 1.54) is 0 Å². The normalized spacial score (nSPS) is 15.8. The first-order chi connectivity index (χ1) is 12.6. The minimum atomic E-state index is -0.142. The van der Waals surface area contributed by atoms with Gasteiger partial charge in [0.15, 0.2) is 0 Å². The van der Waals surface area contributed by atoms with Crippen LogP contribution in [0.1, 0.15) is 35.7 Å². The molecule has 1 aliphatic heterocycles. The Labute approximate surface area is 154 Å². The second-order valence-electron chi connectivity index (χ2n) is 6.99. The third-order valence-electron chi connectivity index (χ3n) is 4.88. The van der Waals surface area contributed by atoms with E-state index in [9.17, 15) is 9.59 Å². The summed E-state index contributed by atoms with van der Waals surface area (Å²) in [4.78, 5) is 33.3. The van der Waals surface area contributed by atoms with Gasteiger partial charge in [0.1, 0.15) is 0 Å². The van der Waals surface area contributed by atoms with Crippen molar-refractivity contribution in [2.45, 2.75) is 19.8 Å². The second kappa shape index (κ2) is 8.13. The Morgan fingerprint density at radius 3 is 2.15 bits per heavy atom. The molecule has 5 nitrogen and oxygen atoms in total. The summed E-state index contributed by atoms with van der Waals surface area (Å²) in [6.45, 7) is 6.41. The molecule has 0 spiro atoms. The fraction of sp³-hybridized carbons (Fsp3) is 0.381. The van der Waals surface area contributed by atoms with Crippen LogP contribution in [0, 0.1) is 5.92 Å². The smallest absolute Gasteiger partial charge is 0.255 e. The lowest BCUT2D eigenvalue weighted by atomic mass is 9.87. The zero-order valence-electron chi connectivity index (χ0n) is 15.3. The summed E-state index contributed by atoms with van der Waals surface area (Å²) in [6, 6.07) is 13.5. The minimum Gasteiger partial charge on any atom is -0.339 e. The Balaban J connectivity index is 1.65. The predicted octanol–water partition coefficient (Wildman–Crippen LogP) is 2.81. The van der Waals surface area contributed by atoms with Gasteiger partial charge in [-0.15, -0.1) is 0 Å². The number of hydrogen-bond donors (Lipinski definition) is 0. The number of piperazine rings is 1. The van der Waals surface area contributed by atoms with Crippen molar-refractivity contribution in [3.05, 3.63) is 66.0 Å². The van der Waals surface area contributed by atoms with Crippen molar-refractivity contribution >= 4 is 11.8 Å². The minimum absolute atomic E-state index is 0.0198. The fourth-order valence-corrected chi connectivity index (χ4v) is 3.47. The molecule has 1 aromatic carbocycles. The molecule has 1 saturated heterocycles. The van der Waals surface area contributed by atoms with Crippen molar-refractivity contribution in [3.63, 3.8) is 0 Å². The summed E-state index contributed by atoms with van der Waals surface area (Å²) in [5, 5.41) is 0. The number of carbonyl (C=O) groups is 2. The standard InChI is InChI=1S/C21H25N3O2/c1-16(2)19(17-7-4-3-5-8-17)21(26)24-13-11-23(12-14-24)20(25)18-9-6-10-22-15-18/h3-10,15-16,19H,11-14H2,1-2H3. The molecule has 1 fully saturated rings. The predicted molar refractivity (Wildman–Crippen MR) is 101 cm³/mol. The van der Waals surface area contributed by atoms with E-state index in [0.717, 1.165) is 5.56 Å². The molecular weight excluding hydrogens is 326 g/mol. The van der Waals surface area contributed by atoms with Crippen LogP contribution in [0.2, 0.25) is 0 Å². The molecule has 1 aliphatic rings. The first kappa shape index (κ1) is 18.1. The molecule has 2 amide bonds. The van der Waals surface area contributed by atoms with E-state index in [-0.39, 0.29) is 23.7 Å². The van der Waals surface area contributed by atoms with Crippen LogP contribution in [0.4, 0.5) is 0 Å². The number of aromatic nitrogens is 1. The van der Waals surface area contributed by atoms with E-state index >= 15 is 0 Å². The van der Waals surface area contributed by atoms with Crippen molar-refractivity contribution in [2.75, 3.05) is 26.2 Å². The topological polar surface area (TPSA) is 53.5 Å². The van der Waals surface area contributed by atoms with Gasteiger partial charge < -0.3 is 9.80 Å². The molecule has 0 N–H and O–H groups in total. The van der Waals surface area contributed by atoms with Crippen LogP contribution in [-0.2, 0) is 4.79 Å². The first-order valence-electron chi connectivity index (χ1n) is 9.11. The van der Waals surface area contributed by atoms with Gasteiger partial charge in [0.25, 0.3) is 5.91 Å². The van der Waals surface area contributed by atoms with E-state index < -0.39 is 0 Å². The number of pyridine rings is 1. The van der Waals surface area contributed by atoms with Gasteiger partial charge in [0.05, 0.1) is 11.5 Å². The third-order valence-corrected chi connectivity index (χ3v) is 4.88. The van der Waals surface area contributed by atoms with Gasteiger partial charge in [-0.3, -0.25) is 14.6 Å². The molecule has 0 saturated carbocycles. The zero-order chi connectivity index (χ0) is 18.5. The summed E-state index contributed by atoms with van der Waals surface area (Å²) in [5.74, 6) is 0.213. The molecule has 1 unspecified atom stereocenters. The number of nitrogens with zero attached hydrogens (tertiary/aromatic N) is 3. The molecule has 3 rings (SSSR count). The van der Waals surface area contributed by atoms with Crippen molar-refractivity contribution in [2.24, 2.45) is 5.92 Å². The summed E-state index contributed by atoms with van der Waals surface area (Å²) < 4.78 is 0. The number of hydrogen-bond acceptors (Lipinski definition) is 3. The monoisotopic (exact) mass is 351 g/mol. The SMILES string of the molecule is CC(C)C(C(=O)N1CCN(C(=O)c2cccnc2)CC1)c1ccccc1. The van der Waals surface area contributed by atoms with Crippen LogP contribution in [0.25, 0.3) is 0 Å². The molecule has 2 aromatic rings. The highest BCUT2D eigenvalue weighted by Gasteiger charge is 2.31. The second-order valence-corrected chi connectivity index (χ2v) is 6.99. The van der Waals surface area contributed by atoms with Gasteiger partial charge in [-0.2, -0.15) is 0 Å². The van der Waals surface area contributed by atoms with Crippen LogP contribution in [-0.4, -0.2) is 52.8 Å². The van der Waals surface area contributed by atoms with Crippen LogP contribution in [0.5, 0.6) is 0 Å². The highest BCUT2D eigenvalue weighted by molar-refractivity contribution is 5.94. The van der Waals surface area contributed by atoms with E-state index in [4.69, 9.17) is 0 Å². The van der Waals surface area contributed by atoms with Gasteiger partial charge in [-0.05, 0) is 23.6 Å². The largest absolute Gasteiger partial charge is 0.339 e. The van der Waals surface area contributed by atoms with Gasteiger partial charge >= 0.3 is 0 Å². The molecular formula is C21H25N3O2. The lowest BCUT2D eigenvalue weighted by molar-refractivity contribution is -0.135. The van der Waals surface area contributed by atoms with Crippen molar-refractivity contribution in [1.82, 2.24) is 14.8 Å². The quantitative estimate of drug-likeness (QED) is 0.851. The van der Waals surface area contributed by atoms with E-state index in [1.54, 1.807) is 29.4 Å². The van der Waals surface area contributed by atoms with E-state index in [2.05, 4.69) is 18.8 Å². The van der Waals surface area contributed by atoms with Crippen LogP contribution in [0.3, 0.4) is 0 Å². The highest BCUT2D eigenvalue weighted by atomic mass is 16.2. The Bertz CT molecular complexity index is 738. The highest BCUT2D eigenvalue weighted by Crippen LogP contribution is 2.27. The maximum absolute atomic E-state index is 13.1. The molecule has 5 heteroatoms. The molecule has 26 heavy (non-hydrogen) atoms. The van der Waals surface area contributed by atoms with Crippen LogP contribution >= 0.6 is 0 Å². The molecule has 136 valence electrons. The Hall–Kier alpha value is -2.69. The number of amides is 2. The summed E-state index contributed by atoms with van der Waals surface area (Å²) in [7, 11) is 0. The Morgan fingerprint density at radius 2 is 1.58 bits per heavy atom. The average Bonchev–Trinajstić information content (AvgIpc) is 2.69. The molecule has 0 aliphatic carbocycles. The van der Waals surface area contributed by atoms with Gasteiger partial charge in [-0.25, -0.2) is 0 Å². The summed E-state index contributed by atoms with van der Waals surface area (Å²) in [6.07, 6.45) is 3.24. The average molecular weight is 351 g/mol. The van der Waals surface area contributed by atoms with E-state index in [0.29, 0.717) is 31.7 Å². The third kappa shape index (κ3) is 3.93. The molecule has 1 atom stereocenters. The summed E-state index contributed by atoms with van der Waals surface area (Å²) in [5.41, 5.74) is 1.65. The van der Waals surface area contributed by atoms with Gasteiger partial charge in [0.2, 0.25) is 5.91 Å². The molecule has 0 bridgehead atoms. The van der Waals surface area contributed by atoms with Crippen molar-refractivity contribution < 1.29 is 9.59 Å². The Kier molecular flexibility index (Phi) is 5.66. The number of rotatable bonds is 4. The van der Waals surface area contributed by atoms with Crippen molar-refractivity contribution in [1.29, 1.82) is 0 Å². The van der Waals surface area contributed by atoms with Gasteiger partial charge in [0, 0.05) is 38.6 Å².